The van der Waals surface area contributed by atoms with Gasteiger partial charge in [0.2, 0.25) is 0 Å². The third kappa shape index (κ3) is 2.85. The third-order valence-corrected chi connectivity index (χ3v) is 3.69. The van der Waals surface area contributed by atoms with E-state index in [9.17, 15) is 0 Å². The van der Waals surface area contributed by atoms with E-state index in [-0.39, 0.29) is 11.5 Å². The summed E-state index contributed by atoms with van der Waals surface area (Å²) < 4.78 is 5.36. The summed E-state index contributed by atoms with van der Waals surface area (Å²) in [6, 6.07) is 4.54. The zero-order valence-electron chi connectivity index (χ0n) is 12.4. The van der Waals surface area contributed by atoms with Gasteiger partial charge in [-0.1, -0.05) is 19.9 Å². The minimum Gasteiger partial charge on any atom is -0.496 e. The molecule has 1 rings (SSSR count). The van der Waals surface area contributed by atoms with E-state index in [1.165, 1.54) is 11.1 Å². The number of nitrogens with two attached hydrogens (primary N) is 1. The van der Waals surface area contributed by atoms with E-state index in [0.717, 1.165) is 11.3 Å². The van der Waals surface area contributed by atoms with Crippen molar-refractivity contribution in [1.82, 2.24) is 5.32 Å². The molecular weight excluding hydrogens is 224 g/mol. The van der Waals surface area contributed by atoms with Gasteiger partial charge in [0, 0.05) is 6.04 Å². The van der Waals surface area contributed by atoms with Gasteiger partial charge in [0.05, 0.1) is 7.11 Å². The van der Waals surface area contributed by atoms with E-state index in [0.29, 0.717) is 6.54 Å². The average Bonchev–Trinajstić information content (AvgIpc) is 2.33. The lowest BCUT2D eigenvalue weighted by atomic mass is 9.79. The fourth-order valence-electron chi connectivity index (χ4n) is 2.43. The Labute approximate surface area is 111 Å². The summed E-state index contributed by atoms with van der Waals surface area (Å²) in [5, 5.41) is 3.39. The molecule has 0 bridgehead atoms. The molecule has 0 saturated carbocycles. The molecule has 1 aromatic rings. The van der Waals surface area contributed by atoms with Crippen LogP contribution in [0, 0.1) is 19.3 Å². The Morgan fingerprint density at radius 2 is 1.89 bits per heavy atom. The molecule has 0 radical (unpaired) electrons. The van der Waals surface area contributed by atoms with Crippen LogP contribution in [0.25, 0.3) is 0 Å². The lowest BCUT2D eigenvalue weighted by Crippen LogP contribution is -2.38. The molecule has 0 spiro atoms. The van der Waals surface area contributed by atoms with Crippen molar-refractivity contribution in [2.45, 2.75) is 33.7 Å². The van der Waals surface area contributed by atoms with Gasteiger partial charge in [-0.15, -0.1) is 0 Å². The van der Waals surface area contributed by atoms with E-state index < -0.39 is 0 Å². The molecular formula is C15H26N2O. The third-order valence-electron chi connectivity index (χ3n) is 3.69. The highest BCUT2D eigenvalue weighted by atomic mass is 16.5. The van der Waals surface area contributed by atoms with Crippen LogP contribution in [0.4, 0.5) is 0 Å². The Bertz CT molecular complexity index is 413. The molecule has 3 nitrogen and oxygen atoms in total. The molecule has 0 aromatic heterocycles. The molecule has 0 heterocycles. The maximum absolute atomic E-state index is 5.90. The van der Waals surface area contributed by atoms with Crippen LogP contribution in [0.2, 0.25) is 0 Å². The van der Waals surface area contributed by atoms with Crippen LogP contribution in [-0.4, -0.2) is 20.7 Å². The van der Waals surface area contributed by atoms with E-state index in [1.807, 2.05) is 7.05 Å². The van der Waals surface area contributed by atoms with Crippen molar-refractivity contribution in [3.63, 3.8) is 0 Å². The van der Waals surface area contributed by atoms with Crippen LogP contribution >= 0.6 is 0 Å². The number of rotatable bonds is 5. The van der Waals surface area contributed by atoms with Gasteiger partial charge in [0.1, 0.15) is 5.75 Å². The second-order valence-corrected chi connectivity index (χ2v) is 5.59. The first kappa shape index (κ1) is 15.0. The van der Waals surface area contributed by atoms with Crippen molar-refractivity contribution in [2.75, 3.05) is 20.7 Å². The SMILES string of the molecule is CNC(c1cc(C)c(OC)cc1C)C(C)(C)CN. The van der Waals surface area contributed by atoms with Crippen LogP contribution in [0.1, 0.15) is 36.6 Å². The largest absolute Gasteiger partial charge is 0.496 e. The molecule has 3 heteroatoms. The molecule has 0 aliphatic rings. The minimum atomic E-state index is 0.0144. The van der Waals surface area contributed by atoms with Gasteiger partial charge in [-0.2, -0.15) is 0 Å². The molecule has 1 aromatic carbocycles. The number of hydrogen-bond donors (Lipinski definition) is 2. The minimum absolute atomic E-state index is 0.0144. The Kier molecular flexibility index (Phi) is 4.77. The standard InChI is InChI=1S/C15H26N2O/c1-10-8-13(18-6)11(2)7-12(10)14(17-5)15(3,4)9-16/h7-8,14,17H,9,16H2,1-6H3. The van der Waals surface area contributed by atoms with Crippen molar-refractivity contribution in [2.24, 2.45) is 11.1 Å². The van der Waals surface area contributed by atoms with E-state index >= 15 is 0 Å². The zero-order chi connectivity index (χ0) is 13.9. The first-order valence-electron chi connectivity index (χ1n) is 6.39. The van der Waals surface area contributed by atoms with Gasteiger partial charge in [0.15, 0.2) is 0 Å². The summed E-state index contributed by atoms with van der Waals surface area (Å²) in [5.41, 5.74) is 9.60. The maximum Gasteiger partial charge on any atom is 0.122 e. The summed E-state index contributed by atoms with van der Waals surface area (Å²) in [6.45, 7) is 9.21. The lowest BCUT2D eigenvalue weighted by Gasteiger charge is -2.34. The summed E-state index contributed by atoms with van der Waals surface area (Å²) in [4.78, 5) is 0. The molecule has 1 unspecified atom stereocenters. The second kappa shape index (κ2) is 5.72. The zero-order valence-corrected chi connectivity index (χ0v) is 12.4. The Morgan fingerprint density at radius 3 is 2.33 bits per heavy atom. The number of ether oxygens (including phenoxy) is 1. The quantitative estimate of drug-likeness (QED) is 0.844. The average molecular weight is 250 g/mol. The monoisotopic (exact) mass is 250 g/mol. The fraction of sp³-hybridized carbons (Fsp3) is 0.600. The van der Waals surface area contributed by atoms with Crippen molar-refractivity contribution in [3.8, 4) is 5.75 Å². The van der Waals surface area contributed by atoms with Crippen molar-refractivity contribution < 1.29 is 4.74 Å². The normalized spacial score (nSPS) is 13.5. The smallest absolute Gasteiger partial charge is 0.122 e. The molecule has 0 fully saturated rings. The first-order chi connectivity index (χ1) is 8.37. The topological polar surface area (TPSA) is 47.3 Å². The van der Waals surface area contributed by atoms with Crippen LogP contribution in [-0.2, 0) is 0 Å². The fourth-order valence-corrected chi connectivity index (χ4v) is 2.43. The summed E-state index contributed by atoms with van der Waals surface area (Å²) >= 11 is 0. The molecule has 102 valence electrons. The Morgan fingerprint density at radius 1 is 1.28 bits per heavy atom. The van der Waals surface area contributed by atoms with Crippen molar-refractivity contribution in [3.05, 3.63) is 28.8 Å². The number of methoxy groups -OCH3 is 1. The van der Waals surface area contributed by atoms with Crippen LogP contribution < -0.4 is 15.8 Å². The molecule has 0 saturated heterocycles. The van der Waals surface area contributed by atoms with Gasteiger partial charge in [0.25, 0.3) is 0 Å². The highest BCUT2D eigenvalue weighted by molar-refractivity contribution is 5.43. The number of benzene rings is 1. The van der Waals surface area contributed by atoms with Gasteiger partial charge in [-0.3, -0.25) is 0 Å². The predicted octanol–water partition coefficient (Wildman–Crippen LogP) is 2.56. The predicted molar refractivity (Wildman–Crippen MR) is 77.1 cm³/mol. The second-order valence-electron chi connectivity index (χ2n) is 5.59. The van der Waals surface area contributed by atoms with Gasteiger partial charge in [-0.25, -0.2) is 0 Å². The first-order valence-corrected chi connectivity index (χ1v) is 6.39. The van der Waals surface area contributed by atoms with Gasteiger partial charge < -0.3 is 15.8 Å². The van der Waals surface area contributed by atoms with Crippen LogP contribution in [0.3, 0.4) is 0 Å². The van der Waals surface area contributed by atoms with E-state index in [2.05, 4.69) is 45.1 Å². The Hall–Kier alpha value is -1.06. The molecule has 0 aliphatic heterocycles. The van der Waals surface area contributed by atoms with Crippen molar-refractivity contribution >= 4 is 0 Å². The highest BCUT2D eigenvalue weighted by Gasteiger charge is 2.29. The van der Waals surface area contributed by atoms with E-state index in [1.54, 1.807) is 7.11 Å². The summed E-state index contributed by atoms with van der Waals surface area (Å²) in [7, 11) is 3.70. The number of aryl methyl sites for hydroxylation is 2. The molecule has 0 amide bonds. The van der Waals surface area contributed by atoms with Gasteiger partial charge in [-0.05, 0) is 55.6 Å². The number of hydrogen-bond acceptors (Lipinski definition) is 3. The van der Waals surface area contributed by atoms with Crippen molar-refractivity contribution in [1.29, 1.82) is 0 Å². The van der Waals surface area contributed by atoms with E-state index in [4.69, 9.17) is 10.5 Å². The molecule has 0 aliphatic carbocycles. The molecule has 3 N–H and O–H groups in total. The van der Waals surface area contributed by atoms with Crippen LogP contribution in [0.15, 0.2) is 12.1 Å². The lowest BCUT2D eigenvalue weighted by molar-refractivity contribution is 0.264. The molecule has 1 atom stereocenters. The summed E-state index contributed by atoms with van der Waals surface area (Å²) in [5.74, 6) is 0.941. The maximum atomic E-state index is 5.90. The molecule has 18 heavy (non-hydrogen) atoms. The Balaban J connectivity index is 3.27. The highest BCUT2D eigenvalue weighted by Crippen LogP contribution is 2.36. The van der Waals surface area contributed by atoms with Crippen LogP contribution in [0.5, 0.6) is 5.75 Å². The summed E-state index contributed by atoms with van der Waals surface area (Å²) in [6.07, 6.45) is 0. The number of nitrogens with one attached hydrogen (secondary N) is 1. The van der Waals surface area contributed by atoms with Gasteiger partial charge >= 0.3 is 0 Å².